The van der Waals surface area contributed by atoms with Gasteiger partial charge in [0.25, 0.3) is 0 Å². The predicted molar refractivity (Wildman–Crippen MR) is 73.2 cm³/mol. The van der Waals surface area contributed by atoms with Gasteiger partial charge in [-0.1, -0.05) is 50.1 Å². The van der Waals surface area contributed by atoms with E-state index in [9.17, 15) is 4.79 Å². The topological polar surface area (TPSA) is 17.1 Å². The van der Waals surface area contributed by atoms with Crippen LogP contribution in [-0.2, 0) is 11.2 Å². The van der Waals surface area contributed by atoms with E-state index in [1.807, 2.05) is 0 Å². The van der Waals surface area contributed by atoms with Gasteiger partial charge >= 0.3 is 0 Å². The molecule has 0 aliphatic heterocycles. The molecule has 0 spiro atoms. The Kier molecular flexibility index (Phi) is 5.96. The maximum Gasteiger partial charge on any atom is 0.136 e. The van der Waals surface area contributed by atoms with Gasteiger partial charge < -0.3 is 0 Å². The number of hydrogen-bond donors (Lipinski definition) is 0. The maximum atomic E-state index is 11.4. The Hall–Kier alpha value is -1.11. The fourth-order valence-electron chi connectivity index (χ4n) is 2.11. The van der Waals surface area contributed by atoms with Gasteiger partial charge in [0, 0.05) is 12.3 Å². The average molecular weight is 232 g/mol. The van der Waals surface area contributed by atoms with Crippen molar-refractivity contribution in [2.24, 2.45) is 5.92 Å². The van der Waals surface area contributed by atoms with Crippen LogP contribution in [0.3, 0.4) is 0 Å². The van der Waals surface area contributed by atoms with Crippen molar-refractivity contribution in [2.75, 3.05) is 0 Å². The molecule has 0 saturated heterocycles. The third kappa shape index (κ3) is 4.72. The minimum atomic E-state index is 0.303. The largest absolute Gasteiger partial charge is 0.299 e. The maximum absolute atomic E-state index is 11.4. The number of aryl methyl sites for hydroxylation is 1. The summed E-state index contributed by atoms with van der Waals surface area (Å²) in [5, 5.41) is 0. The van der Waals surface area contributed by atoms with Crippen LogP contribution in [0.5, 0.6) is 0 Å². The molecule has 94 valence electrons. The highest BCUT2D eigenvalue weighted by Crippen LogP contribution is 2.24. The second-order valence-corrected chi connectivity index (χ2v) is 4.95. The summed E-state index contributed by atoms with van der Waals surface area (Å²) >= 11 is 0. The summed E-state index contributed by atoms with van der Waals surface area (Å²) in [5.74, 6) is 0.767. The first-order valence-electron chi connectivity index (χ1n) is 6.75. The van der Waals surface area contributed by atoms with Crippen LogP contribution >= 0.6 is 0 Å². The quantitative estimate of drug-likeness (QED) is 0.742. The Bertz CT molecular complexity index is 337. The second kappa shape index (κ2) is 7.26. The van der Waals surface area contributed by atoms with Gasteiger partial charge in [0.15, 0.2) is 0 Å². The Morgan fingerprint density at radius 1 is 1.18 bits per heavy atom. The van der Waals surface area contributed by atoms with Crippen molar-refractivity contribution < 1.29 is 4.79 Å². The zero-order chi connectivity index (χ0) is 12.7. The zero-order valence-corrected chi connectivity index (χ0v) is 11.3. The van der Waals surface area contributed by atoms with Gasteiger partial charge in [-0.05, 0) is 31.7 Å². The summed E-state index contributed by atoms with van der Waals surface area (Å²) in [6.07, 6.45) is 5.18. The highest BCUT2D eigenvalue weighted by Gasteiger charge is 2.23. The van der Waals surface area contributed by atoms with Crippen molar-refractivity contribution in [3.05, 3.63) is 35.4 Å². The van der Waals surface area contributed by atoms with Crippen molar-refractivity contribution in [1.29, 1.82) is 0 Å². The van der Waals surface area contributed by atoms with E-state index >= 15 is 0 Å². The molecule has 0 heterocycles. The highest BCUT2D eigenvalue weighted by molar-refractivity contribution is 5.83. The Labute approximate surface area is 105 Å². The van der Waals surface area contributed by atoms with Crippen LogP contribution in [0.25, 0.3) is 0 Å². The van der Waals surface area contributed by atoms with E-state index < -0.39 is 0 Å². The molecule has 0 amide bonds. The number of Topliss-reactive ketones (excluding diaryl/α,β-unsaturated/α-hetero) is 1. The van der Waals surface area contributed by atoms with E-state index in [2.05, 4.69) is 45.0 Å². The standard InChI is InChI=1S/C13H16O.C3H8/c1-10-5-7-11(8-6-10)9-12-3-2-4-13(12)14;1-3-2/h5-8,12H,2-4,9H2,1H3;3H2,1-2H3. The first-order valence-corrected chi connectivity index (χ1v) is 6.75. The molecule has 1 unspecified atom stereocenters. The molecule has 1 fully saturated rings. The first-order chi connectivity index (χ1) is 8.17. The molecule has 0 bridgehead atoms. The lowest BCUT2D eigenvalue weighted by atomic mass is 9.97. The van der Waals surface area contributed by atoms with E-state index in [-0.39, 0.29) is 0 Å². The van der Waals surface area contributed by atoms with E-state index in [1.165, 1.54) is 17.5 Å². The lowest BCUT2D eigenvalue weighted by Gasteiger charge is -2.07. The molecule has 1 saturated carbocycles. The van der Waals surface area contributed by atoms with Gasteiger partial charge in [-0.15, -0.1) is 0 Å². The van der Waals surface area contributed by atoms with Crippen molar-refractivity contribution in [3.63, 3.8) is 0 Å². The summed E-state index contributed by atoms with van der Waals surface area (Å²) in [6.45, 7) is 6.34. The van der Waals surface area contributed by atoms with Crippen LogP contribution in [0.2, 0.25) is 0 Å². The molecule has 0 aromatic heterocycles. The van der Waals surface area contributed by atoms with Gasteiger partial charge in [0.2, 0.25) is 0 Å². The molecule has 1 aliphatic carbocycles. The van der Waals surface area contributed by atoms with Gasteiger partial charge in [0.05, 0.1) is 0 Å². The molecule has 1 aromatic rings. The van der Waals surface area contributed by atoms with Crippen molar-refractivity contribution in [2.45, 2.75) is 52.9 Å². The number of carbonyl (C=O) groups excluding carboxylic acids is 1. The van der Waals surface area contributed by atoms with Crippen molar-refractivity contribution in [3.8, 4) is 0 Å². The zero-order valence-electron chi connectivity index (χ0n) is 11.3. The number of carbonyl (C=O) groups is 1. The average Bonchev–Trinajstić information content (AvgIpc) is 2.69. The molecule has 0 N–H and O–H groups in total. The lowest BCUT2D eigenvalue weighted by Crippen LogP contribution is -2.09. The van der Waals surface area contributed by atoms with E-state index in [4.69, 9.17) is 0 Å². The summed E-state index contributed by atoms with van der Waals surface area (Å²) in [7, 11) is 0. The van der Waals surface area contributed by atoms with Crippen molar-refractivity contribution >= 4 is 5.78 Å². The molecule has 1 heteroatoms. The van der Waals surface area contributed by atoms with Crippen LogP contribution in [0.1, 0.15) is 50.7 Å². The second-order valence-electron chi connectivity index (χ2n) is 4.95. The lowest BCUT2D eigenvalue weighted by molar-refractivity contribution is -0.120. The molecule has 1 nitrogen and oxygen atoms in total. The summed E-state index contributed by atoms with van der Waals surface area (Å²) in [5.41, 5.74) is 2.59. The fraction of sp³-hybridized carbons (Fsp3) is 0.562. The van der Waals surface area contributed by atoms with Crippen LogP contribution in [0, 0.1) is 12.8 Å². The van der Waals surface area contributed by atoms with E-state index in [0.717, 1.165) is 25.7 Å². The van der Waals surface area contributed by atoms with Crippen LogP contribution < -0.4 is 0 Å². The van der Waals surface area contributed by atoms with Crippen molar-refractivity contribution in [1.82, 2.24) is 0 Å². The van der Waals surface area contributed by atoms with E-state index in [0.29, 0.717) is 11.7 Å². The smallest absolute Gasteiger partial charge is 0.136 e. The van der Waals surface area contributed by atoms with Gasteiger partial charge in [-0.2, -0.15) is 0 Å². The third-order valence-corrected chi connectivity index (χ3v) is 3.03. The molecule has 1 atom stereocenters. The molecule has 1 aliphatic rings. The number of benzene rings is 1. The predicted octanol–water partition coefficient (Wildman–Crippen LogP) is 4.32. The molecule has 2 rings (SSSR count). The first kappa shape index (κ1) is 14.0. The molecular weight excluding hydrogens is 208 g/mol. The van der Waals surface area contributed by atoms with Gasteiger partial charge in [-0.3, -0.25) is 4.79 Å². The fourth-order valence-corrected chi connectivity index (χ4v) is 2.11. The Balaban J connectivity index is 0.000000437. The third-order valence-electron chi connectivity index (χ3n) is 3.03. The van der Waals surface area contributed by atoms with Gasteiger partial charge in [0.1, 0.15) is 5.78 Å². The Morgan fingerprint density at radius 2 is 1.76 bits per heavy atom. The summed E-state index contributed by atoms with van der Waals surface area (Å²) in [6, 6.07) is 8.52. The Morgan fingerprint density at radius 3 is 2.24 bits per heavy atom. The number of hydrogen-bond acceptors (Lipinski definition) is 1. The normalized spacial score (nSPS) is 18.8. The number of ketones is 1. The van der Waals surface area contributed by atoms with Crippen LogP contribution in [0.4, 0.5) is 0 Å². The number of rotatable bonds is 2. The molecule has 1 aromatic carbocycles. The summed E-state index contributed by atoms with van der Waals surface area (Å²) in [4.78, 5) is 11.4. The monoisotopic (exact) mass is 232 g/mol. The van der Waals surface area contributed by atoms with Gasteiger partial charge in [-0.25, -0.2) is 0 Å². The van der Waals surface area contributed by atoms with Crippen LogP contribution in [-0.4, -0.2) is 5.78 Å². The molecule has 0 radical (unpaired) electrons. The highest BCUT2D eigenvalue weighted by atomic mass is 16.1. The SMILES string of the molecule is CCC.Cc1ccc(CC2CCCC2=O)cc1. The molecule has 17 heavy (non-hydrogen) atoms. The minimum absolute atomic E-state index is 0.303. The van der Waals surface area contributed by atoms with E-state index in [1.54, 1.807) is 0 Å². The molecular formula is C16H24O. The summed E-state index contributed by atoms with van der Waals surface area (Å²) < 4.78 is 0. The minimum Gasteiger partial charge on any atom is -0.299 e. The van der Waals surface area contributed by atoms with Crippen LogP contribution in [0.15, 0.2) is 24.3 Å².